The molecule has 2 heterocycles. The molecule has 0 aliphatic carbocycles. The summed E-state index contributed by atoms with van der Waals surface area (Å²) >= 11 is 0.894. The van der Waals surface area contributed by atoms with Gasteiger partial charge in [0.1, 0.15) is 16.5 Å². The van der Waals surface area contributed by atoms with Crippen LogP contribution in [0.2, 0.25) is 0 Å². The standard InChI is InChI=1S/C30H31FN2O7S/c1-6-39-22-15-19(9-12-21(22)40-14-13-16(2)3)24-23(25(34)18-7-10-20(31)11-8-18)26(35)28(36)33(24)30-32-17(4)27(41-30)29(37)38-5/h7-12,15-16,24,34H,6,13-14H2,1-5H3. The molecule has 1 saturated heterocycles. The Balaban J connectivity index is 1.89. The number of aromatic nitrogens is 1. The second-order valence-electron chi connectivity index (χ2n) is 9.75. The number of Topliss-reactive ketones (excluding diaryl/α,β-unsaturated/α-hetero) is 1. The van der Waals surface area contributed by atoms with E-state index in [4.69, 9.17) is 14.2 Å². The second kappa shape index (κ2) is 12.5. The van der Waals surface area contributed by atoms with Crippen molar-refractivity contribution < 1.29 is 38.1 Å². The molecule has 1 fully saturated rings. The Bertz CT molecular complexity index is 1500. The summed E-state index contributed by atoms with van der Waals surface area (Å²) < 4.78 is 30.2. The van der Waals surface area contributed by atoms with E-state index in [1.807, 2.05) is 6.92 Å². The highest BCUT2D eigenvalue weighted by Gasteiger charge is 2.48. The van der Waals surface area contributed by atoms with E-state index < -0.39 is 35.3 Å². The first-order valence-electron chi connectivity index (χ1n) is 13.1. The number of hydrogen-bond acceptors (Lipinski definition) is 9. The maximum absolute atomic E-state index is 13.6. The Labute approximate surface area is 241 Å². The highest BCUT2D eigenvalue weighted by atomic mass is 32.1. The van der Waals surface area contributed by atoms with Crippen molar-refractivity contribution in [3.8, 4) is 11.5 Å². The summed E-state index contributed by atoms with van der Waals surface area (Å²) in [5.74, 6) is -2.22. The molecule has 1 N–H and O–H groups in total. The molecular weight excluding hydrogens is 551 g/mol. The molecule has 216 valence electrons. The first kappa shape index (κ1) is 29.7. The number of carbonyl (C=O) groups excluding carboxylic acids is 3. The Morgan fingerprint density at radius 1 is 1.12 bits per heavy atom. The van der Waals surface area contributed by atoms with Gasteiger partial charge in [0, 0.05) is 5.56 Å². The van der Waals surface area contributed by atoms with E-state index in [1.165, 1.54) is 19.2 Å². The lowest BCUT2D eigenvalue weighted by Gasteiger charge is -2.24. The van der Waals surface area contributed by atoms with Gasteiger partial charge in [0.25, 0.3) is 5.78 Å². The van der Waals surface area contributed by atoms with Gasteiger partial charge in [0.15, 0.2) is 16.6 Å². The van der Waals surface area contributed by atoms with Crippen LogP contribution in [-0.2, 0) is 14.3 Å². The molecule has 1 amide bonds. The van der Waals surface area contributed by atoms with Crippen molar-refractivity contribution in [2.24, 2.45) is 5.92 Å². The van der Waals surface area contributed by atoms with Crippen molar-refractivity contribution >= 4 is 39.9 Å². The van der Waals surface area contributed by atoms with Crippen molar-refractivity contribution in [1.29, 1.82) is 0 Å². The van der Waals surface area contributed by atoms with Crippen LogP contribution in [0, 0.1) is 18.7 Å². The van der Waals surface area contributed by atoms with Crippen LogP contribution in [-0.4, -0.2) is 48.1 Å². The number of hydrogen-bond donors (Lipinski definition) is 1. The number of aliphatic hydroxyl groups excluding tert-OH is 1. The predicted octanol–water partition coefficient (Wildman–Crippen LogP) is 5.83. The normalized spacial score (nSPS) is 16.4. The predicted molar refractivity (Wildman–Crippen MR) is 152 cm³/mol. The molecule has 0 saturated carbocycles. The minimum atomic E-state index is -1.14. The third-order valence-electron chi connectivity index (χ3n) is 6.46. The van der Waals surface area contributed by atoms with Gasteiger partial charge in [-0.25, -0.2) is 14.2 Å². The summed E-state index contributed by atoms with van der Waals surface area (Å²) in [6.45, 7) is 8.38. The first-order valence-corrected chi connectivity index (χ1v) is 13.9. The zero-order valence-corrected chi connectivity index (χ0v) is 24.2. The summed E-state index contributed by atoms with van der Waals surface area (Å²) in [5, 5.41) is 11.4. The van der Waals surface area contributed by atoms with E-state index in [9.17, 15) is 23.9 Å². The Kier molecular flexibility index (Phi) is 9.07. The average Bonchev–Trinajstić information content (AvgIpc) is 3.45. The van der Waals surface area contributed by atoms with Crippen LogP contribution in [0.5, 0.6) is 11.5 Å². The molecule has 11 heteroatoms. The summed E-state index contributed by atoms with van der Waals surface area (Å²) in [6, 6.07) is 8.79. The van der Waals surface area contributed by atoms with Gasteiger partial charge in [-0.2, -0.15) is 0 Å². The topological polar surface area (TPSA) is 115 Å². The number of benzene rings is 2. The monoisotopic (exact) mass is 582 g/mol. The van der Waals surface area contributed by atoms with Crippen molar-refractivity contribution in [2.45, 2.75) is 40.2 Å². The number of ketones is 1. The summed E-state index contributed by atoms with van der Waals surface area (Å²) in [6.07, 6.45) is 0.830. The number of thiazole rings is 1. The van der Waals surface area contributed by atoms with Crippen molar-refractivity contribution in [3.63, 3.8) is 0 Å². The number of esters is 1. The Morgan fingerprint density at radius 3 is 2.46 bits per heavy atom. The Morgan fingerprint density at radius 2 is 1.83 bits per heavy atom. The molecule has 0 radical (unpaired) electrons. The molecule has 1 unspecified atom stereocenters. The van der Waals surface area contributed by atoms with Gasteiger partial charge in [-0.1, -0.05) is 31.3 Å². The molecule has 1 aliphatic heterocycles. The zero-order valence-electron chi connectivity index (χ0n) is 23.4. The molecule has 1 atom stereocenters. The summed E-state index contributed by atoms with van der Waals surface area (Å²) in [4.78, 5) is 45.0. The van der Waals surface area contributed by atoms with Crippen LogP contribution in [0.25, 0.3) is 5.76 Å². The largest absolute Gasteiger partial charge is 0.507 e. The number of halogens is 1. The molecular formula is C30H31FN2O7S. The van der Waals surface area contributed by atoms with Crippen molar-refractivity contribution in [2.75, 3.05) is 25.2 Å². The van der Waals surface area contributed by atoms with Gasteiger partial charge in [-0.05, 0) is 68.1 Å². The number of carbonyl (C=O) groups is 3. The number of nitrogens with zero attached hydrogens (tertiary/aromatic N) is 2. The highest BCUT2D eigenvalue weighted by molar-refractivity contribution is 7.17. The van der Waals surface area contributed by atoms with Crippen LogP contribution < -0.4 is 14.4 Å². The van der Waals surface area contributed by atoms with Crippen LogP contribution in [0.15, 0.2) is 48.0 Å². The maximum Gasteiger partial charge on any atom is 0.350 e. The van der Waals surface area contributed by atoms with Crippen LogP contribution in [0.3, 0.4) is 0 Å². The molecule has 41 heavy (non-hydrogen) atoms. The third kappa shape index (κ3) is 6.09. The molecule has 2 aromatic carbocycles. The first-order chi connectivity index (χ1) is 19.6. The molecule has 1 aliphatic rings. The number of anilines is 1. The van der Waals surface area contributed by atoms with Gasteiger partial charge in [-0.3, -0.25) is 14.5 Å². The fourth-order valence-electron chi connectivity index (χ4n) is 4.36. The fourth-order valence-corrected chi connectivity index (χ4v) is 5.37. The number of amides is 1. The lowest BCUT2D eigenvalue weighted by atomic mass is 9.95. The molecule has 9 nitrogen and oxygen atoms in total. The third-order valence-corrected chi connectivity index (χ3v) is 7.60. The molecule has 4 rings (SSSR count). The minimum absolute atomic E-state index is 0.0726. The van der Waals surface area contributed by atoms with Gasteiger partial charge in [0.05, 0.1) is 37.6 Å². The lowest BCUT2D eigenvalue weighted by Crippen LogP contribution is -2.29. The number of aryl methyl sites for hydroxylation is 1. The van der Waals surface area contributed by atoms with Gasteiger partial charge < -0.3 is 19.3 Å². The van der Waals surface area contributed by atoms with Crippen molar-refractivity contribution in [1.82, 2.24) is 4.98 Å². The minimum Gasteiger partial charge on any atom is -0.507 e. The number of aliphatic hydroxyl groups is 1. The van der Waals surface area contributed by atoms with E-state index >= 15 is 0 Å². The number of methoxy groups -OCH3 is 1. The highest BCUT2D eigenvalue weighted by Crippen LogP contribution is 2.45. The fraction of sp³-hybridized carbons (Fsp3) is 0.333. The zero-order chi connectivity index (χ0) is 29.8. The van der Waals surface area contributed by atoms with Crippen LogP contribution in [0.4, 0.5) is 9.52 Å². The molecule has 0 bridgehead atoms. The van der Waals surface area contributed by atoms with Crippen molar-refractivity contribution in [3.05, 3.63) is 75.6 Å². The Hall–Kier alpha value is -4.25. The van der Waals surface area contributed by atoms with Crippen LogP contribution >= 0.6 is 11.3 Å². The van der Waals surface area contributed by atoms with E-state index in [2.05, 4.69) is 18.8 Å². The van der Waals surface area contributed by atoms with E-state index in [-0.39, 0.29) is 21.1 Å². The quantitative estimate of drug-likeness (QED) is 0.138. The summed E-state index contributed by atoms with van der Waals surface area (Å²) in [5.41, 5.74) is 0.684. The SMILES string of the molecule is CCOc1cc(C2C(=C(O)c3ccc(F)cc3)C(=O)C(=O)N2c2nc(C)c(C(=O)OC)s2)ccc1OCCC(C)C. The van der Waals surface area contributed by atoms with Gasteiger partial charge >= 0.3 is 11.9 Å². The maximum atomic E-state index is 13.6. The molecule has 1 aromatic heterocycles. The average molecular weight is 583 g/mol. The molecule has 0 spiro atoms. The smallest absolute Gasteiger partial charge is 0.350 e. The second-order valence-corrected chi connectivity index (χ2v) is 10.7. The van der Waals surface area contributed by atoms with E-state index in [0.29, 0.717) is 41.9 Å². The van der Waals surface area contributed by atoms with E-state index in [0.717, 1.165) is 34.8 Å². The number of ether oxygens (including phenoxy) is 3. The molecule has 3 aromatic rings. The van der Waals surface area contributed by atoms with Gasteiger partial charge in [-0.15, -0.1) is 0 Å². The van der Waals surface area contributed by atoms with Crippen LogP contribution in [0.1, 0.15) is 59.7 Å². The summed E-state index contributed by atoms with van der Waals surface area (Å²) in [7, 11) is 1.23. The lowest BCUT2D eigenvalue weighted by molar-refractivity contribution is -0.132. The van der Waals surface area contributed by atoms with E-state index in [1.54, 1.807) is 25.1 Å². The van der Waals surface area contributed by atoms with Gasteiger partial charge in [0.2, 0.25) is 0 Å². The number of rotatable bonds is 10.